The zero-order valence-corrected chi connectivity index (χ0v) is 19.3. The zero-order valence-electron chi connectivity index (χ0n) is 19.3. The Morgan fingerprint density at radius 3 is 2.30 bits per heavy atom. The Labute approximate surface area is 180 Å². The molecule has 0 aliphatic heterocycles. The van der Waals surface area contributed by atoms with Crippen molar-refractivity contribution in [3.8, 4) is 0 Å². The molecule has 0 bridgehead atoms. The van der Waals surface area contributed by atoms with Crippen LogP contribution in [0.1, 0.15) is 80.1 Å². The van der Waals surface area contributed by atoms with E-state index in [1.165, 1.54) is 13.8 Å². The quantitative estimate of drug-likeness (QED) is 0.470. The van der Waals surface area contributed by atoms with Crippen LogP contribution in [-0.4, -0.2) is 35.2 Å². The number of ether oxygens (including phenoxy) is 2. The van der Waals surface area contributed by atoms with Gasteiger partial charge in [-0.05, 0) is 60.8 Å². The van der Waals surface area contributed by atoms with E-state index in [2.05, 4.69) is 27.4 Å². The fourth-order valence-electron chi connectivity index (χ4n) is 6.17. The number of hydrogen-bond donors (Lipinski definition) is 1. The summed E-state index contributed by atoms with van der Waals surface area (Å²) in [7, 11) is 0. The van der Waals surface area contributed by atoms with E-state index in [0.717, 1.165) is 31.3 Å². The molecule has 0 spiro atoms. The van der Waals surface area contributed by atoms with Crippen LogP contribution in [0.5, 0.6) is 0 Å². The Hall–Kier alpha value is -1.85. The van der Waals surface area contributed by atoms with Crippen molar-refractivity contribution in [1.29, 1.82) is 0 Å². The highest BCUT2D eigenvalue weighted by Gasteiger charge is 2.59. The number of aliphatic carboxylic acids is 1. The van der Waals surface area contributed by atoms with Crippen LogP contribution in [-0.2, 0) is 23.9 Å². The van der Waals surface area contributed by atoms with E-state index in [1.54, 1.807) is 0 Å². The molecule has 6 heteroatoms. The van der Waals surface area contributed by atoms with Gasteiger partial charge in [-0.1, -0.05) is 34.3 Å². The van der Waals surface area contributed by atoms with E-state index in [0.29, 0.717) is 6.42 Å². The van der Waals surface area contributed by atoms with Gasteiger partial charge in [0.25, 0.3) is 0 Å². The number of carbonyl (C=O) groups excluding carboxylic acids is 2. The third kappa shape index (κ3) is 5.06. The van der Waals surface area contributed by atoms with E-state index in [9.17, 15) is 14.4 Å². The smallest absolute Gasteiger partial charge is 0.303 e. The summed E-state index contributed by atoms with van der Waals surface area (Å²) in [6.45, 7) is 15.7. The lowest BCUT2D eigenvalue weighted by Crippen LogP contribution is -2.58. The molecule has 2 rings (SSSR count). The summed E-state index contributed by atoms with van der Waals surface area (Å²) in [4.78, 5) is 34.5. The number of fused-ring (bicyclic) bond motifs is 1. The molecule has 0 aromatic heterocycles. The fourth-order valence-corrected chi connectivity index (χ4v) is 6.17. The SMILES string of the molecule is C=C1[C@H](OC(C)=O)C[C@H]2C(C)(C)[C@@H](OC(C)=O)CC[C@]2(C)[C@H]1CC[C@H](C)CC(=O)O. The highest BCUT2D eigenvalue weighted by Crippen LogP contribution is 2.62. The van der Waals surface area contributed by atoms with Gasteiger partial charge in [-0.25, -0.2) is 0 Å². The average Bonchev–Trinajstić information content (AvgIpc) is 2.58. The summed E-state index contributed by atoms with van der Waals surface area (Å²) in [5.74, 6) is -1.01. The standard InChI is InChI=1S/C24H38O6/c1-14(12-22(27)28)8-9-18-15(2)19(29-16(3)25)13-20-23(5,6)21(30-17(4)26)10-11-24(18,20)7/h14,18-21H,2,8-13H2,1,3-7H3,(H,27,28)/t14-,18-,19+,20-,21-,24+/m0/s1. The average molecular weight is 423 g/mol. The molecular formula is C24H38O6. The van der Waals surface area contributed by atoms with Gasteiger partial charge < -0.3 is 14.6 Å². The molecule has 6 atom stereocenters. The molecular weight excluding hydrogens is 384 g/mol. The lowest BCUT2D eigenvalue weighted by molar-refractivity contribution is -0.182. The van der Waals surface area contributed by atoms with E-state index in [1.807, 2.05) is 6.92 Å². The molecule has 2 saturated carbocycles. The molecule has 6 nitrogen and oxygen atoms in total. The van der Waals surface area contributed by atoms with Crippen LogP contribution in [0.25, 0.3) is 0 Å². The Morgan fingerprint density at radius 2 is 1.77 bits per heavy atom. The van der Waals surface area contributed by atoms with Gasteiger partial charge in [0.1, 0.15) is 12.2 Å². The topological polar surface area (TPSA) is 89.9 Å². The first-order valence-electron chi connectivity index (χ1n) is 11.0. The minimum Gasteiger partial charge on any atom is -0.481 e. The minimum atomic E-state index is -0.783. The van der Waals surface area contributed by atoms with E-state index < -0.39 is 5.97 Å². The van der Waals surface area contributed by atoms with Crippen LogP contribution in [0.4, 0.5) is 0 Å². The van der Waals surface area contributed by atoms with E-state index in [4.69, 9.17) is 14.6 Å². The number of esters is 2. The second kappa shape index (κ2) is 9.11. The Kier molecular flexibility index (Phi) is 7.41. The Balaban J connectivity index is 2.34. The Bertz CT molecular complexity index is 696. The van der Waals surface area contributed by atoms with Crippen molar-refractivity contribution in [2.24, 2.45) is 28.6 Å². The van der Waals surface area contributed by atoms with Gasteiger partial charge in [-0.2, -0.15) is 0 Å². The molecule has 0 unspecified atom stereocenters. The van der Waals surface area contributed by atoms with Crippen molar-refractivity contribution in [3.05, 3.63) is 12.2 Å². The fraction of sp³-hybridized carbons (Fsp3) is 0.792. The van der Waals surface area contributed by atoms with Crippen LogP contribution in [0.15, 0.2) is 12.2 Å². The third-order valence-electron chi connectivity index (χ3n) is 7.66. The minimum absolute atomic E-state index is 0.0665. The molecule has 2 aliphatic rings. The van der Waals surface area contributed by atoms with Crippen LogP contribution in [0.2, 0.25) is 0 Å². The van der Waals surface area contributed by atoms with Gasteiger partial charge in [0.2, 0.25) is 0 Å². The van der Waals surface area contributed by atoms with Gasteiger partial charge >= 0.3 is 17.9 Å². The van der Waals surface area contributed by atoms with Crippen molar-refractivity contribution < 1.29 is 29.0 Å². The molecule has 170 valence electrons. The number of hydrogen-bond acceptors (Lipinski definition) is 5. The second-order valence-corrected chi connectivity index (χ2v) is 10.3. The van der Waals surface area contributed by atoms with Crippen molar-refractivity contribution in [2.45, 2.75) is 92.3 Å². The van der Waals surface area contributed by atoms with Gasteiger partial charge in [0.05, 0.1) is 0 Å². The molecule has 1 N–H and O–H groups in total. The number of carbonyl (C=O) groups is 3. The largest absolute Gasteiger partial charge is 0.481 e. The monoisotopic (exact) mass is 422 g/mol. The molecule has 2 aliphatic carbocycles. The lowest BCUT2D eigenvalue weighted by Gasteiger charge is -2.61. The normalized spacial score (nSPS) is 33.9. The van der Waals surface area contributed by atoms with Gasteiger partial charge in [-0.15, -0.1) is 0 Å². The van der Waals surface area contributed by atoms with Crippen LogP contribution in [0, 0.1) is 28.6 Å². The maximum Gasteiger partial charge on any atom is 0.303 e. The summed E-state index contributed by atoms with van der Waals surface area (Å²) < 4.78 is 11.4. The van der Waals surface area contributed by atoms with Crippen LogP contribution >= 0.6 is 0 Å². The molecule has 0 aromatic carbocycles. The Morgan fingerprint density at radius 1 is 1.17 bits per heavy atom. The summed E-state index contributed by atoms with van der Waals surface area (Å²) in [5.41, 5.74) is 0.590. The maximum absolute atomic E-state index is 11.8. The maximum atomic E-state index is 11.8. The second-order valence-electron chi connectivity index (χ2n) is 10.3. The molecule has 30 heavy (non-hydrogen) atoms. The lowest BCUT2D eigenvalue weighted by atomic mass is 9.45. The first-order valence-corrected chi connectivity index (χ1v) is 11.0. The number of carboxylic acids is 1. The van der Waals surface area contributed by atoms with Crippen molar-refractivity contribution in [3.63, 3.8) is 0 Å². The molecule has 0 amide bonds. The van der Waals surface area contributed by atoms with Gasteiger partial charge in [0.15, 0.2) is 0 Å². The predicted octanol–water partition coefficient (Wildman–Crippen LogP) is 4.76. The van der Waals surface area contributed by atoms with Crippen LogP contribution < -0.4 is 0 Å². The highest BCUT2D eigenvalue weighted by molar-refractivity contribution is 5.67. The summed E-state index contributed by atoms with van der Waals surface area (Å²) in [5, 5.41) is 9.11. The molecule has 0 heterocycles. The number of carboxylic acid groups (broad SMARTS) is 1. The van der Waals surface area contributed by atoms with Crippen molar-refractivity contribution in [1.82, 2.24) is 0 Å². The van der Waals surface area contributed by atoms with Crippen molar-refractivity contribution >= 4 is 17.9 Å². The highest BCUT2D eigenvalue weighted by atomic mass is 16.5. The summed E-state index contributed by atoms with van der Waals surface area (Å²) >= 11 is 0. The molecule has 0 aromatic rings. The number of rotatable bonds is 7. The summed E-state index contributed by atoms with van der Waals surface area (Å²) in [6, 6.07) is 0. The first kappa shape index (κ1) is 24.4. The van der Waals surface area contributed by atoms with Crippen LogP contribution in [0.3, 0.4) is 0 Å². The van der Waals surface area contributed by atoms with E-state index >= 15 is 0 Å². The molecule has 0 saturated heterocycles. The third-order valence-corrected chi connectivity index (χ3v) is 7.66. The van der Waals surface area contributed by atoms with Crippen molar-refractivity contribution in [2.75, 3.05) is 0 Å². The molecule has 2 fully saturated rings. The van der Waals surface area contributed by atoms with Gasteiger partial charge in [0, 0.05) is 25.7 Å². The summed E-state index contributed by atoms with van der Waals surface area (Å²) in [6.07, 6.45) is 3.54. The van der Waals surface area contributed by atoms with E-state index in [-0.39, 0.29) is 59.2 Å². The van der Waals surface area contributed by atoms with Gasteiger partial charge in [-0.3, -0.25) is 14.4 Å². The molecule has 0 radical (unpaired) electrons. The first-order chi connectivity index (χ1) is 13.8. The predicted molar refractivity (Wildman–Crippen MR) is 114 cm³/mol. The zero-order chi connectivity index (χ0) is 22.9.